The third-order valence-corrected chi connectivity index (χ3v) is 3.81. The molecule has 0 unspecified atom stereocenters. The minimum Gasteiger partial charge on any atom is -0.488 e. The average Bonchev–Trinajstić information content (AvgIpc) is 2.53. The second kappa shape index (κ2) is 8.13. The van der Waals surface area contributed by atoms with E-state index >= 15 is 0 Å². The van der Waals surface area contributed by atoms with Crippen LogP contribution in [0.1, 0.15) is 32.8 Å². The first-order chi connectivity index (χ1) is 10.3. The maximum atomic E-state index is 6.08. The molecule has 0 atom stereocenters. The zero-order valence-electron chi connectivity index (χ0n) is 13.5. The van der Waals surface area contributed by atoms with E-state index in [1.807, 2.05) is 6.07 Å². The first-order valence-electron chi connectivity index (χ1n) is 8.06. The van der Waals surface area contributed by atoms with Gasteiger partial charge in [0.25, 0.3) is 0 Å². The minimum atomic E-state index is 0.592. The Balaban J connectivity index is 2.11. The van der Waals surface area contributed by atoms with E-state index < -0.39 is 0 Å². The molecule has 0 N–H and O–H groups in total. The van der Waals surface area contributed by atoms with Gasteiger partial charge in [0.1, 0.15) is 19.8 Å². The average molecular weight is 293 g/mol. The molecule has 0 radical (unpaired) electrons. The van der Waals surface area contributed by atoms with Crippen molar-refractivity contribution in [2.75, 3.05) is 39.5 Å². The molecule has 1 aromatic carbocycles. The highest BCUT2D eigenvalue weighted by Crippen LogP contribution is 2.42. The normalized spacial score (nSPS) is 13.5. The van der Waals surface area contributed by atoms with Gasteiger partial charge in [0, 0.05) is 6.54 Å². The Morgan fingerprint density at radius 3 is 2.57 bits per heavy atom. The van der Waals surface area contributed by atoms with Crippen LogP contribution in [0.2, 0.25) is 0 Å². The van der Waals surface area contributed by atoms with Crippen LogP contribution in [-0.4, -0.2) is 44.4 Å². The second-order valence-electron chi connectivity index (χ2n) is 5.20. The molecule has 0 fully saturated rings. The van der Waals surface area contributed by atoms with Gasteiger partial charge >= 0.3 is 0 Å². The SMILES string of the molecule is CCCc1ccc2c(c1OCCN(CC)CC)OCCO2. The van der Waals surface area contributed by atoms with E-state index in [1.54, 1.807) is 0 Å². The summed E-state index contributed by atoms with van der Waals surface area (Å²) in [6.07, 6.45) is 2.09. The fourth-order valence-corrected chi connectivity index (χ4v) is 2.57. The van der Waals surface area contributed by atoms with Gasteiger partial charge in [-0.3, -0.25) is 0 Å². The standard InChI is InChI=1S/C17H27NO3/c1-4-7-14-8-9-15-17(21-13-12-19-15)16(14)20-11-10-18(5-2)6-3/h8-9H,4-7,10-13H2,1-3H3. The third-order valence-electron chi connectivity index (χ3n) is 3.81. The van der Waals surface area contributed by atoms with Gasteiger partial charge in [-0.05, 0) is 31.1 Å². The molecule has 1 aliphatic rings. The molecule has 2 rings (SSSR count). The van der Waals surface area contributed by atoms with Gasteiger partial charge in [-0.1, -0.05) is 33.3 Å². The molecule has 4 nitrogen and oxygen atoms in total. The molecule has 0 spiro atoms. The van der Waals surface area contributed by atoms with Crippen molar-refractivity contribution in [1.82, 2.24) is 4.90 Å². The molecule has 1 aromatic rings. The number of benzene rings is 1. The number of ether oxygens (including phenoxy) is 3. The lowest BCUT2D eigenvalue weighted by molar-refractivity contribution is 0.157. The highest BCUT2D eigenvalue weighted by molar-refractivity contribution is 5.56. The van der Waals surface area contributed by atoms with Gasteiger partial charge in [0.15, 0.2) is 11.5 Å². The summed E-state index contributed by atoms with van der Waals surface area (Å²) >= 11 is 0. The van der Waals surface area contributed by atoms with Gasteiger partial charge in [-0.25, -0.2) is 0 Å². The van der Waals surface area contributed by atoms with Crippen molar-refractivity contribution in [3.8, 4) is 17.2 Å². The van der Waals surface area contributed by atoms with Gasteiger partial charge in [0.05, 0.1) is 0 Å². The van der Waals surface area contributed by atoms with Crippen molar-refractivity contribution < 1.29 is 14.2 Å². The molecule has 1 aliphatic heterocycles. The summed E-state index contributed by atoms with van der Waals surface area (Å²) in [4.78, 5) is 2.35. The number of nitrogens with zero attached hydrogens (tertiary/aromatic N) is 1. The number of rotatable bonds is 8. The lowest BCUT2D eigenvalue weighted by Gasteiger charge is -2.24. The van der Waals surface area contributed by atoms with Crippen molar-refractivity contribution in [3.05, 3.63) is 17.7 Å². The fourth-order valence-electron chi connectivity index (χ4n) is 2.57. The van der Waals surface area contributed by atoms with Crippen LogP contribution in [0.15, 0.2) is 12.1 Å². The summed E-state index contributed by atoms with van der Waals surface area (Å²) in [5.41, 5.74) is 1.21. The van der Waals surface area contributed by atoms with Crippen molar-refractivity contribution in [1.29, 1.82) is 0 Å². The topological polar surface area (TPSA) is 30.9 Å². The largest absolute Gasteiger partial charge is 0.488 e. The summed E-state index contributed by atoms with van der Waals surface area (Å²) < 4.78 is 17.5. The minimum absolute atomic E-state index is 0.592. The van der Waals surface area contributed by atoms with Crippen molar-refractivity contribution >= 4 is 0 Å². The third kappa shape index (κ3) is 4.03. The van der Waals surface area contributed by atoms with Crippen LogP contribution in [-0.2, 0) is 6.42 Å². The van der Waals surface area contributed by atoms with Crippen LogP contribution in [0.25, 0.3) is 0 Å². The predicted octanol–water partition coefficient (Wildman–Crippen LogP) is 3.13. The second-order valence-corrected chi connectivity index (χ2v) is 5.20. The first-order valence-corrected chi connectivity index (χ1v) is 8.06. The van der Waals surface area contributed by atoms with Gasteiger partial charge < -0.3 is 19.1 Å². The Morgan fingerprint density at radius 2 is 1.86 bits per heavy atom. The fraction of sp³-hybridized carbons (Fsp3) is 0.647. The molecule has 21 heavy (non-hydrogen) atoms. The van der Waals surface area contributed by atoms with Crippen molar-refractivity contribution in [2.45, 2.75) is 33.6 Å². The molecular formula is C17H27NO3. The summed E-state index contributed by atoms with van der Waals surface area (Å²) in [7, 11) is 0. The van der Waals surface area contributed by atoms with E-state index in [9.17, 15) is 0 Å². The van der Waals surface area contributed by atoms with E-state index in [-0.39, 0.29) is 0 Å². The van der Waals surface area contributed by atoms with Gasteiger partial charge in [-0.2, -0.15) is 0 Å². The Morgan fingerprint density at radius 1 is 1.10 bits per heavy atom. The summed E-state index contributed by atoms with van der Waals surface area (Å²) in [6, 6.07) is 4.10. The quantitative estimate of drug-likeness (QED) is 0.737. The Hall–Kier alpha value is -1.42. The van der Waals surface area contributed by atoms with Crippen molar-refractivity contribution in [3.63, 3.8) is 0 Å². The zero-order valence-corrected chi connectivity index (χ0v) is 13.5. The first kappa shape index (κ1) is 16.0. The van der Waals surface area contributed by atoms with Crippen LogP contribution in [0.5, 0.6) is 17.2 Å². The van der Waals surface area contributed by atoms with Crippen molar-refractivity contribution in [2.24, 2.45) is 0 Å². The van der Waals surface area contributed by atoms with Crippen LogP contribution < -0.4 is 14.2 Å². The van der Waals surface area contributed by atoms with E-state index in [2.05, 4.69) is 31.7 Å². The molecule has 1 heterocycles. The summed E-state index contributed by atoms with van der Waals surface area (Å²) in [6.45, 7) is 11.4. The van der Waals surface area contributed by atoms with Crippen LogP contribution in [0, 0.1) is 0 Å². The van der Waals surface area contributed by atoms with E-state index in [1.165, 1.54) is 5.56 Å². The molecule has 118 valence electrons. The molecule has 0 aliphatic carbocycles. The number of hydrogen-bond acceptors (Lipinski definition) is 4. The van der Waals surface area contributed by atoms with Crippen LogP contribution >= 0.6 is 0 Å². The number of aryl methyl sites for hydroxylation is 1. The molecular weight excluding hydrogens is 266 g/mol. The lowest BCUT2D eigenvalue weighted by Crippen LogP contribution is -2.28. The Kier molecular flexibility index (Phi) is 6.18. The van der Waals surface area contributed by atoms with Crippen LogP contribution in [0.3, 0.4) is 0 Å². The Bertz CT molecular complexity index is 444. The van der Waals surface area contributed by atoms with Crippen LogP contribution in [0.4, 0.5) is 0 Å². The maximum absolute atomic E-state index is 6.08. The monoisotopic (exact) mass is 293 g/mol. The van der Waals surface area contributed by atoms with Gasteiger partial charge in [-0.15, -0.1) is 0 Å². The lowest BCUT2D eigenvalue weighted by atomic mass is 10.1. The maximum Gasteiger partial charge on any atom is 0.203 e. The highest BCUT2D eigenvalue weighted by Gasteiger charge is 2.20. The molecule has 0 bridgehead atoms. The number of fused-ring (bicyclic) bond motifs is 1. The molecule has 0 aromatic heterocycles. The molecule has 4 heteroatoms. The Labute approximate surface area is 128 Å². The van der Waals surface area contributed by atoms with E-state index in [0.717, 1.165) is 49.7 Å². The number of likely N-dealkylation sites (N-methyl/N-ethyl adjacent to an activating group) is 1. The summed E-state index contributed by atoms with van der Waals surface area (Å²) in [5, 5.41) is 0. The number of hydrogen-bond donors (Lipinski definition) is 0. The van der Waals surface area contributed by atoms with E-state index in [4.69, 9.17) is 14.2 Å². The summed E-state index contributed by atoms with van der Waals surface area (Å²) in [5.74, 6) is 2.46. The molecule has 0 amide bonds. The molecule has 0 saturated carbocycles. The van der Waals surface area contributed by atoms with Gasteiger partial charge in [0.2, 0.25) is 5.75 Å². The van der Waals surface area contributed by atoms with E-state index in [0.29, 0.717) is 19.8 Å². The molecule has 0 saturated heterocycles. The predicted molar refractivity (Wildman–Crippen MR) is 84.7 cm³/mol. The smallest absolute Gasteiger partial charge is 0.203 e. The highest BCUT2D eigenvalue weighted by atomic mass is 16.6. The zero-order chi connectivity index (χ0) is 15.1.